The molecule has 26 heavy (non-hydrogen) atoms. The summed E-state index contributed by atoms with van der Waals surface area (Å²) in [4.78, 5) is 15.8. The first-order valence-corrected chi connectivity index (χ1v) is 8.03. The molecule has 2 aromatic carbocycles. The lowest BCUT2D eigenvalue weighted by molar-refractivity contribution is 0.102. The molecule has 0 aliphatic heterocycles. The molecule has 0 saturated heterocycles. The van der Waals surface area contributed by atoms with Crippen molar-refractivity contribution in [2.75, 3.05) is 12.4 Å². The molecule has 4 rings (SSSR count). The maximum atomic E-state index is 12.7. The van der Waals surface area contributed by atoms with Gasteiger partial charge in [-0.2, -0.15) is 0 Å². The Morgan fingerprint density at radius 1 is 1.19 bits per heavy atom. The summed E-state index contributed by atoms with van der Waals surface area (Å²) in [6, 6.07) is 12.4. The summed E-state index contributed by atoms with van der Waals surface area (Å²) in [7, 11) is 1.60. The lowest BCUT2D eigenvalue weighted by atomic mass is 10.1. The standard InChI is InChI=1S/C17H13ClN6O2/c1-26-11-3-5-13-9(6-11)7-15(19-13)17(25)20-14-4-2-10(18)8-12(14)16-21-23-24-22-16/h2-8,19H,1H3,(H,20,25)(H,21,22,23,24). The van der Waals surface area contributed by atoms with Crippen LogP contribution in [0.1, 0.15) is 10.5 Å². The van der Waals surface area contributed by atoms with E-state index in [0.717, 1.165) is 16.7 Å². The van der Waals surface area contributed by atoms with E-state index in [0.29, 0.717) is 27.8 Å². The van der Waals surface area contributed by atoms with E-state index >= 15 is 0 Å². The monoisotopic (exact) mass is 368 g/mol. The minimum Gasteiger partial charge on any atom is -0.497 e. The van der Waals surface area contributed by atoms with E-state index in [1.165, 1.54) is 0 Å². The van der Waals surface area contributed by atoms with Crippen LogP contribution in [0.3, 0.4) is 0 Å². The highest BCUT2D eigenvalue weighted by molar-refractivity contribution is 6.31. The first-order chi connectivity index (χ1) is 12.6. The van der Waals surface area contributed by atoms with Gasteiger partial charge in [-0.3, -0.25) is 4.79 Å². The molecule has 9 heteroatoms. The van der Waals surface area contributed by atoms with Crippen LogP contribution >= 0.6 is 11.6 Å². The zero-order valence-electron chi connectivity index (χ0n) is 13.6. The number of nitrogens with one attached hydrogen (secondary N) is 3. The maximum Gasteiger partial charge on any atom is 0.272 e. The van der Waals surface area contributed by atoms with Gasteiger partial charge in [0.2, 0.25) is 0 Å². The predicted molar refractivity (Wildman–Crippen MR) is 97.4 cm³/mol. The number of carbonyl (C=O) groups is 1. The number of rotatable bonds is 4. The van der Waals surface area contributed by atoms with E-state index in [1.54, 1.807) is 31.4 Å². The number of nitrogens with zero attached hydrogens (tertiary/aromatic N) is 3. The number of aromatic amines is 2. The lowest BCUT2D eigenvalue weighted by Crippen LogP contribution is -2.13. The number of aromatic nitrogens is 5. The lowest BCUT2D eigenvalue weighted by Gasteiger charge is -2.08. The van der Waals surface area contributed by atoms with Crippen molar-refractivity contribution in [1.82, 2.24) is 25.6 Å². The molecule has 0 atom stereocenters. The van der Waals surface area contributed by atoms with Crippen LogP contribution in [0, 0.1) is 0 Å². The largest absolute Gasteiger partial charge is 0.497 e. The number of methoxy groups -OCH3 is 1. The molecule has 8 nitrogen and oxygen atoms in total. The van der Waals surface area contributed by atoms with Crippen LogP contribution in [0.4, 0.5) is 5.69 Å². The predicted octanol–water partition coefficient (Wildman–Crippen LogP) is 3.26. The van der Waals surface area contributed by atoms with Crippen molar-refractivity contribution < 1.29 is 9.53 Å². The molecular weight excluding hydrogens is 356 g/mol. The summed E-state index contributed by atoms with van der Waals surface area (Å²) in [5.74, 6) is 0.835. The van der Waals surface area contributed by atoms with Crippen molar-refractivity contribution in [2.24, 2.45) is 0 Å². The van der Waals surface area contributed by atoms with E-state index in [-0.39, 0.29) is 5.91 Å². The number of hydrogen-bond donors (Lipinski definition) is 3. The van der Waals surface area contributed by atoms with Crippen LogP contribution in [0.15, 0.2) is 42.5 Å². The molecule has 130 valence electrons. The fourth-order valence-electron chi connectivity index (χ4n) is 2.64. The molecule has 0 radical (unpaired) electrons. The number of carbonyl (C=O) groups excluding carboxylic acids is 1. The first-order valence-electron chi connectivity index (χ1n) is 7.66. The summed E-state index contributed by atoms with van der Waals surface area (Å²) in [6.07, 6.45) is 0. The number of fused-ring (bicyclic) bond motifs is 1. The minimum atomic E-state index is -0.295. The highest BCUT2D eigenvalue weighted by Crippen LogP contribution is 2.29. The van der Waals surface area contributed by atoms with Gasteiger partial charge in [0.05, 0.1) is 12.8 Å². The fraction of sp³-hybridized carbons (Fsp3) is 0.0588. The van der Waals surface area contributed by atoms with Gasteiger partial charge in [-0.05, 0) is 52.9 Å². The summed E-state index contributed by atoms with van der Waals surface area (Å²) < 4.78 is 5.21. The number of amides is 1. The molecule has 0 aliphatic rings. The number of benzene rings is 2. The molecule has 2 aromatic heterocycles. The Kier molecular flexibility index (Phi) is 4.02. The van der Waals surface area contributed by atoms with Crippen LogP contribution in [0.25, 0.3) is 22.3 Å². The van der Waals surface area contributed by atoms with Crippen molar-refractivity contribution >= 4 is 34.1 Å². The second-order valence-electron chi connectivity index (χ2n) is 5.53. The van der Waals surface area contributed by atoms with Gasteiger partial charge >= 0.3 is 0 Å². The second kappa shape index (κ2) is 6.49. The molecule has 0 aliphatic carbocycles. The normalized spacial score (nSPS) is 10.8. The molecule has 3 N–H and O–H groups in total. The van der Waals surface area contributed by atoms with Crippen LogP contribution in [-0.4, -0.2) is 38.6 Å². The fourth-order valence-corrected chi connectivity index (χ4v) is 2.82. The molecule has 0 fully saturated rings. The Morgan fingerprint density at radius 3 is 2.85 bits per heavy atom. The highest BCUT2D eigenvalue weighted by atomic mass is 35.5. The average Bonchev–Trinajstić information content (AvgIpc) is 3.32. The molecule has 0 saturated carbocycles. The first kappa shape index (κ1) is 16.1. The van der Waals surface area contributed by atoms with E-state index in [9.17, 15) is 4.79 Å². The van der Waals surface area contributed by atoms with E-state index < -0.39 is 0 Å². The van der Waals surface area contributed by atoms with Gasteiger partial charge in [0, 0.05) is 21.5 Å². The van der Waals surface area contributed by atoms with Crippen molar-refractivity contribution in [3.05, 3.63) is 53.2 Å². The molecule has 0 unspecified atom stereocenters. The van der Waals surface area contributed by atoms with E-state index in [4.69, 9.17) is 16.3 Å². The maximum absolute atomic E-state index is 12.7. The van der Waals surface area contributed by atoms with Gasteiger partial charge in [0.25, 0.3) is 5.91 Å². The van der Waals surface area contributed by atoms with Gasteiger partial charge < -0.3 is 15.0 Å². The Morgan fingerprint density at radius 2 is 2.08 bits per heavy atom. The van der Waals surface area contributed by atoms with Gasteiger partial charge in [0.15, 0.2) is 5.82 Å². The SMILES string of the molecule is COc1ccc2[nH]c(C(=O)Nc3ccc(Cl)cc3-c3nnn[nH]3)cc2c1. The Balaban J connectivity index is 1.66. The molecular formula is C17H13ClN6O2. The Hall–Kier alpha value is -3.39. The summed E-state index contributed by atoms with van der Waals surface area (Å²) in [5, 5.41) is 17.9. The van der Waals surface area contributed by atoms with Gasteiger partial charge in [-0.15, -0.1) is 5.10 Å². The quantitative estimate of drug-likeness (QED) is 0.512. The molecule has 4 aromatic rings. The molecule has 0 spiro atoms. The zero-order valence-corrected chi connectivity index (χ0v) is 14.3. The Bertz CT molecular complexity index is 1090. The third kappa shape index (κ3) is 2.98. The summed E-state index contributed by atoms with van der Waals surface area (Å²) in [6.45, 7) is 0. The molecule has 2 heterocycles. The topological polar surface area (TPSA) is 109 Å². The number of anilines is 1. The highest BCUT2D eigenvalue weighted by Gasteiger charge is 2.15. The number of tetrazole rings is 1. The minimum absolute atomic E-state index is 0.295. The van der Waals surface area contributed by atoms with Crippen LogP contribution in [0.5, 0.6) is 5.75 Å². The summed E-state index contributed by atoms with van der Waals surface area (Å²) in [5.41, 5.74) is 2.39. The molecule has 0 bridgehead atoms. The van der Waals surface area contributed by atoms with Gasteiger partial charge in [-0.1, -0.05) is 11.6 Å². The molecule has 1 amide bonds. The second-order valence-corrected chi connectivity index (χ2v) is 5.97. The average molecular weight is 369 g/mol. The van der Waals surface area contributed by atoms with E-state index in [1.807, 2.05) is 18.2 Å². The smallest absolute Gasteiger partial charge is 0.272 e. The Labute approximate surface area is 152 Å². The van der Waals surface area contributed by atoms with Crippen molar-refractivity contribution in [1.29, 1.82) is 0 Å². The number of hydrogen-bond acceptors (Lipinski definition) is 5. The third-order valence-corrected chi connectivity index (χ3v) is 4.14. The number of ether oxygens (including phenoxy) is 1. The number of halogens is 1. The van der Waals surface area contributed by atoms with Crippen LogP contribution < -0.4 is 10.1 Å². The van der Waals surface area contributed by atoms with Crippen LogP contribution in [0.2, 0.25) is 5.02 Å². The van der Waals surface area contributed by atoms with Crippen molar-refractivity contribution in [3.8, 4) is 17.1 Å². The van der Waals surface area contributed by atoms with Crippen molar-refractivity contribution in [3.63, 3.8) is 0 Å². The summed E-state index contributed by atoms with van der Waals surface area (Å²) >= 11 is 6.06. The van der Waals surface area contributed by atoms with Crippen molar-refractivity contribution in [2.45, 2.75) is 0 Å². The third-order valence-electron chi connectivity index (χ3n) is 3.90. The van der Waals surface area contributed by atoms with E-state index in [2.05, 4.69) is 30.9 Å². The number of H-pyrrole nitrogens is 2. The van der Waals surface area contributed by atoms with Crippen LogP contribution in [-0.2, 0) is 0 Å². The van der Waals surface area contributed by atoms with Gasteiger partial charge in [0.1, 0.15) is 11.4 Å². The van der Waals surface area contributed by atoms with Gasteiger partial charge in [-0.25, -0.2) is 5.10 Å². The zero-order chi connectivity index (χ0) is 18.1.